The van der Waals surface area contributed by atoms with E-state index < -0.39 is 6.04 Å². The molecule has 0 bridgehead atoms. The molecule has 0 spiro atoms. The molecule has 6 heteroatoms. The average molecular weight is 418 g/mol. The summed E-state index contributed by atoms with van der Waals surface area (Å²) >= 11 is 1.35. The van der Waals surface area contributed by atoms with Gasteiger partial charge in [-0.25, -0.2) is 0 Å². The second-order valence-corrected chi connectivity index (χ2v) is 8.38. The first-order chi connectivity index (χ1) is 14.5. The number of para-hydroxylation sites is 1. The summed E-state index contributed by atoms with van der Waals surface area (Å²) in [6, 6.07) is 16.7. The molecule has 5 nitrogen and oxygen atoms in total. The molecule has 152 valence electrons. The molecule has 0 fully saturated rings. The van der Waals surface area contributed by atoms with E-state index in [9.17, 15) is 9.59 Å². The molecule has 0 aliphatic rings. The Morgan fingerprint density at radius 3 is 2.53 bits per heavy atom. The van der Waals surface area contributed by atoms with Crippen LogP contribution < -0.4 is 10.6 Å². The highest BCUT2D eigenvalue weighted by Crippen LogP contribution is 2.21. The maximum absolute atomic E-state index is 13.2. The first kappa shape index (κ1) is 19.9. The molecule has 0 aliphatic heterocycles. The average Bonchev–Trinajstić information content (AvgIpc) is 3.37. The zero-order valence-electron chi connectivity index (χ0n) is 16.9. The van der Waals surface area contributed by atoms with Crippen molar-refractivity contribution in [3.63, 3.8) is 0 Å². The van der Waals surface area contributed by atoms with Crippen LogP contribution in [0.2, 0.25) is 0 Å². The van der Waals surface area contributed by atoms with Gasteiger partial charge in [0, 0.05) is 29.2 Å². The highest BCUT2D eigenvalue weighted by Gasteiger charge is 2.24. The summed E-state index contributed by atoms with van der Waals surface area (Å²) in [4.78, 5) is 29.7. The van der Waals surface area contributed by atoms with Crippen LogP contribution in [-0.4, -0.2) is 22.8 Å². The van der Waals surface area contributed by atoms with Gasteiger partial charge in [0.05, 0.1) is 4.88 Å². The summed E-state index contributed by atoms with van der Waals surface area (Å²) in [6.45, 7) is 3.98. The third-order valence-electron chi connectivity index (χ3n) is 4.95. The van der Waals surface area contributed by atoms with Gasteiger partial charge in [-0.3, -0.25) is 9.59 Å². The van der Waals surface area contributed by atoms with Crippen LogP contribution in [0.1, 0.15) is 26.4 Å². The zero-order chi connectivity index (χ0) is 21.1. The van der Waals surface area contributed by atoms with Gasteiger partial charge in [-0.1, -0.05) is 30.3 Å². The number of amides is 2. The molecule has 4 rings (SSSR count). The fraction of sp³-hybridized carbons (Fsp3) is 0.167. The number of carbonyl (C=O) groups excluding carboxylic acids is 2. The quantitative estimate of drug-likeness (QED) is 0.421. The molecule has 1 atom stereocenters. The number of aromatic amines is 1. The third-order valence-corrected chi connectivity index (χ3v) is 5.82. The molecule has 0 saturated heterocycles. The minimum absolute atomic E-state index is 0.241. The number of fused-ring (bicyclic) bond motifs is 1. The fourth-order valence-corrected chi connectivity index (χ4v) is 4.27. The highest BCUT2D eigenvalue weighted by atomic mass is 32.1. The van der Waals surface area contributed by atoms with E-state index in [0.717, 1.165) is 33.3 Å². The van der Waals surface area contributed by atoms with Crippen molar-refractivity contribution in [3.05, 3.63) is 87.7 Å². The Balaban J connectivity index is 1.60. The molecular weight excluding hydrogens is 394 g/mol. The number of benzene rings is 2. The van der Waals surface area contributed by atoms with Crippen LogP contribution >= 0.6 is 11.3 Å². The number of thiophene rings is 1. The third kappa shape index (κ3) is 4.44. The molecular formula is C24H23N3O2S. The lowest BCUT2D eigenvalue weighted by molar-refractivity contribution is -0.118. The number of rotatable bonds is 6. The first-order valence-electron chi connectivity index (χ1n) is 9.78. The van der Waals surface area contributed by atoms with E-state index in [4.69, 9.17) is 0 Å². The van der Waals surface area contributed by atoms with E-state index in [2.05, 4.69) is 21.7 Å². The Labute approximate surface area is 179 Å². The van der Waals surface area contributed by atoms with Gasteiger partial charge in [0.1, 0.15) is 6.04 Å². The van der Waals surface area contributed by atoms with Crippen molar-refractivity contribution in [3.8, 4) is 0 Å². The molecule has 2 aromatic carbocycles. The topological polar surface area (TPSA) is 74.0 Å². The largest absolute Gasteiger partial charge is 0.361 e. The second-order valence-electron chi connectivity index (χ2n) is 7.43. The Morgan fingerprint density at radius 2 is 1.80 bits per heavy atom. The van der Waals surface area contributed by atoms with Gasteiger partial charge in [-0.2, -0.15) is 0 Å². The monoisotopic (exact) mass is 417 g/mol. The van der Waals surface area contributed by atoms with Crippen LogP contribution in [0.4, 0.5) is 5.69 Å². The number of nitrogens with one attached hydrogen (secondary N) is 3. The van der Waals surface area contributed by atoms with Crippen molar-refractivity contribution in [2.24, 2.45) is 0 Å². The van der Waals surface area contributed by atoms with Gasteiger partial charge in [0.2, 0.25) is 5.91 Å². The summed E-state index contributed by atoms with van der Waals surface area (Å²) in [5, 5.41) is 8.79. The van der Waals surface area contributed by atoms with Crippen LogP contribution in [0.5, 0.6) is 0 Å². The van der Waals surface area contributed by atoms with E-state index in [-0.39, 0.29) is 11.8 Å². The number of H-pyrrole nitrogens is 1. The van der Waals surface area contributed by atoms with Crippen molar-refractivity contribution in [2.75, 3.05) is 5.32 Å². The van der Waals surface area contributed by atoms with Crippen molar-refractivity contribution in [1.29, 1.82) is 0 Å². The summed E-state index contributed by atoms with van der Waals surface area (Å²) < 4.78 is 0. The Hall–Kier alpha value is -3.38. The van der Waals surface area contributed by atoms with E-state index in [1.807, 2.05) is 67.9 Å². The summed E-state index contributed by atoms with van der Waals surface area (Å²) in [5.74, 6) is -0.486. The zero-order valence-corrected chi connectivity index (χ0v) is 17.7. The predicted octanol–water partition coefficient (Wildman–Crippen LogP) is 4.83. The fourth-order valence-electron chi connectivity index (χ4n) is 3.64. The molecule has 0 saturated carbocycles. The molecule has 2 amide bonds. The van der Waals surface area contributed by atoms with Crippen molar-refractivity contribution in [2.45, 2.75) is 26.3 Å². The number of aryl methyl sites for hydroxylation is 2. The molecule has 0 radical (unpaired) electrons. The Morgan fingerprint density at radius 1 is 1.03 bits per heavy atom. The van der Waals surface area contributed by atoms with Crippen LogP contribution in [0.15, 0.2) is 66.2 Å². The molecule has 0 aliphatic carbocycles. The summed E-state index contributed by atoms with van der Waals surface area (Å²) in [7, 11) is 0. The number of carbonyl (C=O) groups is 2. The van der Waals surface area contributed by atoms with Gasteiger partial charge in [-0.15, -0.1) is 11.3 Å². The number of anilines is 1. The lowest BCUT2D eigenvalue weighted by atomic mass is 10.0. The molecule has 3 N–H and O–H groups in total. The normalized spacial score (nSPS) is 11.9. The smallest absolute Gasteiger partial charge is 0.262 e. The van der Waals surface area contributed by atoms with Crippen LogP contribution in [0, 0.1) is 13.8 Å². The van der Waals surface area contributed by atoms with Crippen molar-refractivity contribution in [1.82, 2.24) is 10.3 Å². The summed E-state index contributed by atoms with van der Waals surface area (Å²) in [6.07, 6.45) is 2.29. The van der Waals surface area contributed by atoms with E-state index in [0.29, 0.717) is 11.3 Å². The standard InChI is InChI=1S/C24H23N3O2S/c1-15-10-16(2)12-18(11-15)26-23(28)21(27-24(29)22-8-5-9-30-22)13-17-14-25-20-7-4-3-6-19(17)20/h3-12,14,21,25H,13H2,1-2H3,(H,26,28)(H,27,29)/t21-/m0/s1. The van der Waals surface area contributed by atoms with Gasteiger partial charge in [-0.05, 0) is 60.2 Å². The first-order valence-corrected chi connectivity index (χ1v) is 10.7. The van der Waals surface area contributed by atoms with Gasteiger partial charge >= 0.3 is 0 Å². The second kappa shape index (κ2) is 8.55. The molecule has 4 aromatic rings. The molecule has 0 unspecified atom stereocenters. The Kier molecular flexibility index (Phi) is 5.68. The van der Waals surface area contributed by atoms with Crippen LogP contribution in [-0.2, 0) is 11.2 Å². The molecule has 2 aromatic heterocycles. The minimum atomic E-state index is -0.709. The lowest BCUT2D eigenvalue weighted by Crippen LogP contribution is -2.45. The van der Waals surface area contributed by atoms with Crippen molar-refractivity contribution >= 4 is 39.7 Å². The predicted molar refractivity (Wildman–Crippen MR) is 122 cm³/mol. The Bertz CT molecular complexity index is 1170. The van der Waals surface area contributed by atoms with E-state index in [1.54, 1.807) is 6.07 Å². The van der Waals surface area contributed by atoms with E-state index in [1.165, 1.54) is 11.3 Å². The van der Waals surface area contributed by atoms with Gasteiger partial charge in [0.15, 0.2) is 0 Å². The minimum Gasteiger partial charge on any atom is -0.361 e. The van der Waals surface area contributed by atoms with Gasteiger partial charge < -0.3 is 15.6 Å². The van der Waals surface area contributed by atoms with Crippen LogP contribution in [0.3, 0.4) is 0 Å². The number of aromatic nitrogens is 1. The van der Waals surface area contributed by atoms with Crippen LogP contribution in [0.25, 0.3) is 10.9 Å². The number of hydrogen-bond acceptors (Lipinski definition) is 3. The maximum atomic E-state index is 13.2. The van der Waals surface area contributed by atoms with Crippen molar-refractivity contribution < 1.29 is 9.59 Å². The summed E-state index contributed by atoms with van der Waals surface area (Å²) in [5.41, 5.74) is 4.86. The maximum Gasteiger partial charge on any atom is 0.262 e. The number of hydrogen-bond donors (Lipinski definition) is 3. The molecule has 30 heavy (non-hydrogen) atoms. The van der Waals surface area contributed by atoms with E-state index >= 15 is 0 Å². The van der Waals surface area contributed by atoms with Gasteiger partial charge in [0.25, 0.3) is 5.91 Å². The SMILES string of the molecule is Cc1cc(C)cc(NC(=O)[C@H](Cc2c[nH]c3ccccc23)NC(=O)c2cccs2)c1. The lowest BCUT2D eigenvalue weighted by Gasteiger charge is -2.18. The highest BCUT2D eigenvalue weighted by molar-refractivity contribution is 7.12. The molecule has 2 heterocycles.